The average molecular weight is 382 g/mol. The van der Waals surface area contributed by atoms with Crippen LogP contribution in [0.15, 0.2) is 39.2 Å². The molecule has 1 fully saturated rings. The Morgan fingerprint density at radius 1 is 0.964 bits per heavy atom. The van der Waals surface area contributed by atoms with Crippen LogP contribution in [0.5, 0.6) is 0 Å². The van der Waals surface area contributed by atoms with E-state index in [0.717, 1.165) is 5.56 Å². The highest BCUT2D eigenvalue weighted by Crippen LogP contribution is 2.28. The highest BCUT2D eigenvalue weighted by atomic mass is 16.4. The highest BCUT2D eigenvalue weighted by Gasteiger charge is 2.29. The van der Waals surface area contributed by atoms with Crippen molar-refractivity contribution < 1.29 is 13.6 Å². The first-order valence-electron chi connectivity index (χ1n) is 9.28. The van der Waals surface area contributed by atoms with Gasteiger partial charge in [0, 0.05) is 46.4 Å². The molecule has 0 aliphatic carbocycles. The lowest BCUT2D eigenvalue weighted by Gasteiger charge is -2.34. The largest absolute Gasteiger partial charge is 0.425 e. The van der Waals surface area contributed by atoms with Crippen molar-refractivity contribution in [2.75, 3.05) is 31.1 Å². The van der Waals surface area contributed by atoms with E-state index < -0.39 is 0 Å². The minimum Gasteiger partial charge on any atom is -0.425 e. The molecule has 2 aromatic heterocycles. The predicted octanol–water partition coefficient (Wildman–Crippen LogP) is 1.94. The van der Waals surface area contributed by atoms with Crippen molar-refractivity contribution in [2.45, 2.75) is 26.2 Å². The molecular formula is C19H22N6O3. The number of piperazine rings is 1. The van der Waals surface area contributed by atoms with Gasteiger partial charge in [-0.2, -0.15) is 0 Å². The summed E-state index contributed by atoms with van der Waals surface area (Å²) in [5, 5.41) is 16.0. The lowest BCUT2D eigenvalue weighted by Crippen LogP contribution is -2.49. The minimum absolute atomic E-state index is 0.0612. The first-order chi connectivity index (χ1) is 13.6. The van der Waals surface area contributed by atoms with Gasteiger partial charge in [-0.3, -0.25) is 4.79 Å². The molecule has 3 aromatic rings. The lowest BCUT2D eigenvalue weighted by atomic mass is 9.95. The van der Waals surface area contributed by atoms with Gasteiger partial charge < -0.3 is 18.6 Å². The number of hydrogen-bond acceptors (Lipinski definition) is 8. The van der Waals surface area contributed by atoms with Gasteiger partial charge in [-0.25, -0.2) is 0 Å². The van der Waals surface area contributed by atoms with Crippen molar-refractivity contribution in [1.29, 1.82) is 0 Å². The molecule has 0 radical (unpaired) electrons. The average Bonchev–Trinajstić information content (AvgIpc) is 3.35. The molecule has 1 unspecified atom stereocenters. The fourth-order valence-corrected chi connectivity index (χ4v) is 3.35. The SMILES string of the molecule is Cc1nnc(C(CC(=O)N2CCN(c3nnc(C)o3)CC2)c2ccccc2)o1. The number of amides is 1. The van der Waals surface area contributed by atoms with Crippen LogP contribution < -0.4 is 4.90 Å². The Bertz CT molecular complexity index is 930. The van der Waals surface area contributed by atoms with E-state index in [-0.39, 0.29) is 18.2 Å². The fourth-order valence-electron chi connectivity index (χ4n) is 3.35. The van der Waals surface area contributed by atoms with Gasteiger partial charge in [0.2, 0.25) is 23.6 Å². The van der Waals surface area contributed by atoms with Crippen molar-refractivity contribution >= 4 is 11.9 Å². The molecule has 1 aromatic carbocycles. The molecular weight excluding hydrogens is 360 g/mol. The molecule has 1 aliphatic rings. The Morgan fingerprint density at radius 3 is 2.25 bits per heavy atom. The molecule has 4 rings (SSSR count). The van der Waals surface area contributed by atoms with Crippen LogP contribution >= 0.6 is 0 Å². The molecule has 28 heavy (non-hydrogen) atoms. The van der Waals surface area contributed by atoms with Crippen LogP contribution in [-0.2, 0) is 4.79 Å². The van der Waals surface area contributed by atoms with Gasteiger partial charge in [0.15, 0.2) is 0 Å². The standard InChI is InChI=1S/C19H22N6O3/c1-13-20-22-18(27-13)16(15-6-4-3-5-7-15)12-17(26)24-8-10-25(11-9-24)19-23-21-14(2)28-19/h3-7,16H,8-12H2,1-2H3. The van der Waals surface area contributed by atoms with Crippen LogP contribution in [0.3, 0.4) is 0 Å². The van der Waals surface area contributed by atoms with E-state index in [1.807, 2.05) is 40.1 Å². The number of carbonyl (C=O) groups excluding carboxylic acids is 1. The Morgan fingerprint density at radius 2 is 1.64 bits per heavy atom. The van der Waals surface area contributed by atoms with Gasteiger partial charge >= 0.3 is 6.01 Å². The van der Waals surface area contributed by atoms with Crippen molar-refractivity contribution in [3.05, 3.63) is 53.6 Å². The zero-order valence-electron chi connectivity index (χ0n) is 15.9. The van der Waals surface area contributed by atoms with Crippen LogP contribution in [0, 0.1) is 13.8 Å². The summed E-state index contributed by atoms with van der Waals surface area (Å²) in [6.07, 6.45) is 0.283. The maximum atomic E-state index is 13.0. The summed E-state index contributed by atoms with van der Waals surface area (Å²) < 4.78 is 11.1. The molecule has 0 saturated carbocycles. The first kappa shape index (κ1) is 18.1. The summed E-state index contributed by atoms with van der Waals surface area (Å²) in [6, 6.07) is 10.3. The number of carbonyl (C=O) groups is 1. The van der Waals surface area contributed by atoms with E-state index in [0.29, 0.717) is 49.9 Å². The summed E-state index contributed by atoms with van der Waals surface area (Å²) in [4.78, 5) is 16.8. The van der Waals surface area contributed by atoms with Crippen LogP contribution in [0.2, 0.25) is 0 Å². The van der Waals surface area contributed by atoms with Crippen LogP contribution in [0.1, 0.15) is 35.6 Å². The smallest absolute Gasteiger partial charge is 0.318 e. The number of anilines is 1. The molecule has 1 saturated heterocycles. The van der Waals surface area contributed by atoms with Gasteiger partial charge in [-0.15, -0.1) is 15.3 Å². The highest BCUT2D eigenvalue weighted by molar-refractivity contribution is 5.78. The summed E-state index contributed by atoms with van der Waals surface area (Å²) in [7, 11) is 0. The molecule has 1 amide bonds. The predicted molar refractivity (Wildman–Crippen MR) is 99.8 cm³/mol. The molecule has 1 aliphatic heterocycles. The molecule has 0 spiro atoms. The molecule has 0 N–H and O–H groups in total. The minimum atomic E-state index is -0.258. The maximum Gasteiger partial charge on any atom is 0.318 e. The number of benzene rings is 1. The quantitative estimate of drug-likeness (QED) is 0.660. The van der Waals surface area contributed by atoms with Crippen LogP contribution in [-0.4, -0.2) is 57.4 Å². The third-order valence-corrected chi connectivity index (χ3v) is 4.84. The molecule has 1 atom stereocenters. The Kier molecular flexibility index (Phi) is 5.05. The molecule has 146 valence electrons. The second-order valence-electron chi connectivity index (χ2n) is 6.80. The van der Waals surface area contributed by atoms with Gasteiger partial charge in [0.25, 0.3) is 0 Å². The monoisotopic (exact) mass is 382 g/mol. The Labute approximate surface area is 162 Å². The van der Waals surface area contributed by atoms with E-state index >= 15 is 0 Å². The van der Waals surface area contributed by atoms with Crippen molar-refractivity contribution in [3.8, 4) is 0 Å². The second kappa shape index (κ2) is 7.79. The number of rotatable bonds is 5. The van der Waals surface area contributed by atoms with Crippen LogP contribution in [0.25, 0.3) is 0 Å². The van der Waals surface area contributed by atoms with Crippen LogP contribution in [0.4, 0.5) is 6.01 Å². The number of hydrogen-bond donors (Lipinski definition) is 0. The lowest BCUT2D eigenvalue weighted by molar-refractivity contribution is -0.131. The normalized spacial score (nSPS) is 15.6. The van der Waals surface area contributed by atoms with E-state index in [1.165, 1.54) is 0 Å². The topological polar surface area (TPSA) is 101 Å². The zero-order valence-corrected chi connectivity index (χ0v) is 15.9. The zero-order chi connectivity index (χ0) is 19.5. The first-order valence-corrected chi connectivity index (χ1v) is 9.28. The summed E-state index contributed by atoms with van der Waals surface area (Å²) in [6.45, 7) is 6.03. The Hall–Kier alpha value is -3.23. The van der Waals surface area contributed by atoms with Gasteiger partial charge in [0.1, 0.15) is 0 Å². The number of aryl methyl sites for hydroxylation is 2. The molecule has 9 nitrogen and oxygen atoms in total. The van der Waals surface area contributed by atoms with E-state index in [9.17, 15) is 4.79 Å². The molecule has 9 heteroatoms. The van der Waals surface area contributed by atoms with Crippen molar-refractivity contribution in [1.82, 2.24) is 25.3 Å². The van der Waals surface area contributed by atoms with E-state index in [2.05, 4.69) is 20.4 Å². The van der Waals surface area contributed by atoms with Gasteiger partial charge in [0.05, 0.1) is 5.92 Å². The summed E-state index contributed by atoms with van der Waals surface area (Å²) in [5.74, 6) is 1.30. The van der Waals surface area contributed by atoms with Gasteiger partial charge in [-0.05, 0) is 5.56 Å². The molecule has 0 bridgehead atoms. The fraction of sp³-hybridized carbons (Fsp3) is 0.421. The number of nitrogens with zero attached hydrogens (tertiary/aromatic N) is 6. The van der Waals surface area contributed by atoms with Crippen molar-refractivity contribution in [3.63, 3.8) is 0 Å². The Balaban J connectivity index is 1.43. The molecule has 3 heterocycles. The number of aromatic nitrogens is 4. The summed E-state index contributed by atoms with van der Waals surface area (Å²) >= 11 is 0. The van der Waals surface area contributed by atoms with E-state index in [1.54, 1.807) is 13.8 Å². The third-order valence-electron chi connectivity index (χ3n) is 4.84. The second-order valence-corrected chi connectivity index (χ2v) is 6.80. The van der Waals surface area contributed by atoms with Crippen molar-refractivity contribution in [2.24, 2.45) is 0 Å². The van der Waals surface area contributed by atoms with Gasteiger partial charge in [-0.1, -0.05) is 35.4 Å². The summed E-state index contributed by atoms with van der Waals surface area (Å²) in [5.41, 5.74) is 0.986. The third kappa shape index (κ3) is 3.88. The maximum absolute atomic E-state index is 13.0. The van der Waals surface area contributed by atoms with E-state index in [4.69, 9.17) is 8.83 Å².